The monoisotopic (exact) mass is 240 g/mol. The first-order chi connectivity index (χ1) is 6.87. The van der Waals surface area contributed by atoms with Crippen LogP contribution < -0.4 is 4.74 Å². The molecule has 15 heavy (non-hydrogen) atoms. The van der Waals surface area contributed by atoms with Crippen LogP contribution >= 0.6 is 11.8 Å². The van der Waals surface area contributed by atoms with Crippen molar-refractivity contribution in [2.75, 3.05) is 0 Å². The van der Waals surface area contributed by atoms with E-state index >= 15 is 0 Å². The lowest BCUT2D eigenvalue weighted by atomic mass is 10.3. The van der Waals surface area contributed by atoms with Gasteiger partial charge in [0.2, 0.25) is 5.62 Å². The minimum Gasteiger partial charge on any atom is -0.406 e. The van der Waals surface area contributed by atoms with Gasteiger partial charge in [-0.15, -0.1) is 13.2 Å². The lowest BCUT2D eigenvalue weighted by Crippen LogP contribution is -2.17. The summed E-state index contributed by atoms with van der Waals surface area (Å²) in [6.45, 7) is 0. The van der Waals surface area contributed by atoms with Crippen molar-refractivity contribution < 1.29 is 28.1 Å². The maximum absolute atomic E-state index is 11.8. The highest BCUT2D eigenvalue weighted by Gasteiger charge is 2.31. The summed E-state index contributed by atoms with van der Waals surface area (Å²) < 4.78 is 39.1. The molecule has 0 fully saturated rings. The fourth-order valence-electron chi connectivity index (χ4n) is 0.866. The van der Waals surface area contributed by atoms with Gasteiger partial charge in [0.15, 0.2) is 0 Å². The Morgan fingerprint density at radius 1 is 1.27 bits per heavy atom. The third kappa shape index (κ3) is 4.91. The van der Waals surface area contributed by atoms with E-state index in [2.05, 4.69) is 4.74 Å². The number of hydrogen-bond donors (Lipinski definition) is 2. The van der Waals surface area contributed by atoms with Crippen LogP contribution in [0.15, 0.2) is 29.2 Å². The van der Waals surface area contributed by atoms with E-state index < -0.39 is 17.7 Å². The summed E-state index contributed by atoms with van der Waals surface area (Å²) in [5, 5.41) is 17.2. The molecule has 3 nitrogen and oxygen atoms in total. The van der Waals surface area contributed by atoms with Gasteiger partial charge in [-0.2, -0.15) is 0 Å². The van der Waals surface area contributed by atoms with Crippen molar-refractivity contribution in [3.63, 3.8) is 0 Å². The second-order valence-electron chi connectivity index (χ2n) is 2.47. The fourth-order valence-corrected chi connectivity index (χ4v) is 1.45. The van der Waals surface area contributed by atoms with Crippen LogP contribution in [0.3, 0.4) is 0 Å². The molecule has 0 radical (unpaired) electrons. The molecule has 0 heterocycles. The summed E-state index contributed by atoms with van der Waals surface area (Å²) in [7, 11) is 0. The third-order valence-electron chi connectivity index (χ3n) is 1.28. The molecule has 1 aromatic rings. The van der Waals surface area contributed by atoms with Crippen LogP contribution in [0.25, 0.3) is 0 Å². The van der Waals surface area contributed by atoms with Gasteiger partial charge in [0, 0.05) is 4.90 Å². The van der Waals surface area contributed by atoms with E-state index in [1.54, 1.807) is 0 Å². The van der Waals surface area contributed by atoms with Crippen LogP contribution in [-0.2, 0) is 0 Å². The van der Waals surface area contributed by atoms with Gasteiger partial charge in [-0.3, -0.25) is 0 Å². The fraction of sp³-hybridized carbons (Fsp3) is 0.250. The Morgan fingerprint density at radius 2 is 1.93 bits per heavy atom. The van der Waals surface area contributed by atoms with E-state index in [-0.39, 0.29) is 4.90 Å². The van der Waals surface area contributed by atoms with Crippen LogP contribution in [0.4, 0.5) is 13.2 Å². The molecule has 1 aromatic carbocycles. The molecule has 0 spiro atoms. The summed E-state index contributed by atoms with van der Waals surface area (Å²) >= 11 is 0.602. The van der Waals surface area contributed by atoms with Crippen LogP contribution in [-0.4, -0.2) is 22.2 Å². The van der Waals surface area contributed by atoms with E-state index in [4.69, 9.17) is 10.2 Å². The van der Waals surface area contributed by atoms with E-state index in [0.29, 0.717) is 11.8 Å². The molecular formula is C8H7F3O3S. The number of thioether (sulfide) groups is 1. The first-order valence-electron chi connectivity index (χ1n) is 3.75. The van der Waals surface area contributed by atoms with E-state index in [1.165, 1.54) is 12.1 Å². The number of ether oxygens (including phenoxy) is 1. The molecule has 7 heteroatoms. The van der Waals surface area contributed by atoms with Gasteiger partial charge < -0.3 is 14.9 Å². The van der Waals surface area contributed by atoms with Crippen molar-refractivity contribution in [2.45, 2.75) is 16.9 Å². The molecule has 0 aromatic heterocycles. The van der Waals surface area contributed by atoms with Crippen LogP contribution in [0.1, 0.15) is 0 Å². The van der Waals surface area contributed by atoms with Crippen LogP contribution in [0, 0.1) is 0 Å². The average Bonchev–Trinajstić information content (AvgIpc) is 1.99. The molecule has 0 bridgehead atoms. The smallest absolute Gasteiger partial charge is 0.406 e. The van der Waals surface area contributed by atoms with Crippen LogP contribution in [0.2, 0.25) is 0 Å². The first kappa shape index (κ1) is 12.2. The van der Waals surface area contributed by atoms with Gasteiger partial charge in [-0.05, 0) is 18.2 Å². The number of halogens is 3. The minimum absolute atomic E-state index is 0.270. The number of benzene rings is 1. The van der Waals surface area contributed by atoms with Gasteiger partial charge in [-0.1, -0.05) is 17.8 Å². The number of alkyl halides is 3. The zero-order valence-electron chi connectivity index (χ0n) is 7.23. The van der Waals surface area contributed by atoms with Crippen LogP contribution in [0.5, 0.6) is 5.75 Å². The highest BCUT2D eigenvalue weighted by molar-refractivity contribution is 7.99. The van der Waals surface area contributed by atoms with Gasteiger partial charge >= 0.3 is 6.36 Å². The molecule has 0 aliphatic rings. The van der Waals surface area contributed by atoms with Crippen molar-refractivity contribution in [3.8, 4) is 5.75 Å². The largest absolute Gasteiger partial charge is 0.573 e. The molecule has 0 aliphatic carbocycles. The topological polar surface area (TPSA) is 49.7 Å². The zero-order chi connectivity index (χ0) is 11.5. The van der Waals surface area contributed by atoms with E-state index in [1.807, 2.05) is 0 Å². The average molecular weight is 240 g/mol. The van der Waals surface area contributed by atoms with Crippen molar-refractivity contribution in [1.82, 2.24) is 0 Å². The van der Waals surface area contributed by atoms with Crippen molar-refractivity contribution >= 4 is 11.8 Å². The summed E-state index contributed by atoms with van der Waals surface area (Å²) in [6, 6.07) is 4.96. The lowest BCUT2D eigenvalue weighted by Gasteiger charge is -2.10. The lowest BCUT2D eigenvalue weighted by molar-refractivity contribution is -0.274. The third-order valence-corrected chi connectivity index (χ3v) is 2.02. The van der Waals surface area contributed by atoms with Gasteiger partial charge in [-0.25, -0.2) is 0 Å². The van der Waals surface area contributed by atoms with Gasteiger partial charge in [0.1, 0.15) is 5.75 Å². The molecule has 0 atom stereocenters. The summed E-state index contributed by atoms with van der Waals surface area (Å²) in [5.41, 5.74) is -1.67. The van der Waals surface area contributed by atoms with Crippen molar-refractivity contribution in [3.05, 3.63) is 24.3 Å². The molecular weight excluding hydrogens is 233 g/mol. The molecule has 0 aliphatic heterocycles. The molecule has 0 unspecified atom stereocenters. The standard InChI is InChI=1S/C8H7F3O3S/c9-8(10,11)14-5-2-1-3-6(4-5)15-7(12)13/h1-4,7,12-13H. The summed E-state index contributed by atoms with van der Waals surface area (Å²) in [4.78, 5) is 0.270. The second-order valence-corrected chi connectivity index (χ2v) is 3.60. The Labute approximate surface area is 87.5 Å². The SMILES string of the molecule is OC(O)Sc1cccc(OC(F)(F)F)c1. The zero-order valence-corrected chi connectivity index (χ0v) is 8.05. The number of aliphatic hydroxyl groups excluding tert-OH is 1. The number of rotatable bonds is 3. The molecule has 0 saturated heterocycles. The summed E-state index contributed by atoms with van der Waals surface area (Å²) in [5.74, 6) is -0.395. The predicted molar refractivity (Wildman–Crippen MR) is 47.2 cm³/mol. The molecule has 84 valence electrons. The maximum atomic E-state index is 11.8. The maximum Gasteiger partial charge on any atom is 0.573 e. The molecule has 2 N–H and O–H groups in total. The quantitative estimate of drug-likeness (QED) is 0.626. The van der Waals surface area contributed by atoms with Gasteiger partial charge in [0.25, 0.3) is 0 Å². The molecule has 0 saturated carbocycles. The number of hydrogen-bond acceptors (Lipinski definition) is 4. The van der Waals surface area contributed by atoms with E-state index in [0.717, 1.165) is 12.1 Å². The normalized spacial score (nSPS) is 11.9. The Balaban J connectivity index is 2.74. The summed E-state index contributed by atoms with van der Waals surface area (Å²) in [6.07, 6.45) is -4.75. The predicted octanol–water partition coefficient (Wildman–Crippen LogP) is 1.95. The van der Waals surface area contributed by atoms with Gasteiger partial charge in [0.05, 0.1) is 0 Å². The Morgan fingerprint density at radius 3 is 2.47 bits per heavy atom. The Bertz CT molecular complexity index is 327. The van der Waals surface area contributed by atoms with E-state index in [9.17, 15) is 13.2 Å². The molecule has 0 amide bonds. The Kier molecular flexibility index (Phi) is 3.83. The number of aliphatic hydroxyl groups is 2. The molecule has 1 rings (SSSR count). The van der Waals surface area contributed by atoms with Crippen molar-refractivity contribution in [2.24, 2.45) is 0 Å². The Hall–Kier alpha value is -0.920. The van der Waals surface area contributed by atoms with Crippen molar-refractivity contribution in [1.29, 1.82) is 0 Å². The first-order valence-corrected chi connectivity index (χ1v) is 4.63. The second kappa shape index (κ2) is 4.73. The minimum atomic E-state index is -4.75. The highest BCUT2D eigenvalue weighted by Crippen LogP contribution is 2.28. The highest BCUT2D eigenvalue weighted by atomic mass is 32.2.